The molecule has 19 heavy (non-hydrogen) atoms. The quantitative estimate of drug-likeness (QED) is 0.879. The molecule has 2 aromatic rings. The summed E-state index contributed by atoms with van der Waals surface area (Å²) in [5, 5.41) is 13.7. The summed E-state index contributed by atoms with van der Waals surface area (Å²) in [7, 11) is 1.60. The molecule has 0 unspecified atom stereocenters. The molecule has 0 radical (unpaired) electrons. The minimum absolute atomic E-state index is 0.506. The van der Waals surface area contributed by atoms with E-state index in [1.54, 1.807) is 25.4 Å². The van der Waals surface area contributed by atoms with Crippen molar-refractivity contribution in [2.24, 2.45) is 0 Å². The highest BCUT2D eigenvalue weighted by molar-refractivity contribution is 7.07. The first-order valence-electron chi connectivity index (χ1n) is 6.20. The van der Waals surface area contributed by atoms with Crippen LogP contribution in [0.15, 0.2) is 35.0 Å². The number of methoxy groups -OCH3 is 1. The van der Waals surface area contributed by atoms with E-state index in [0.29, 0.717) is 18.1 Å². The van der Waals surface area contributed by atoms with Crippen molar-refractivity contribution >= 4 is 11.3 Å². The largest absolute Gasteiger partial charge is 0.493 e. The molecular weight excluding hydrogens is 260 g/mol. The van der Waals surface area contributed by atoms with Crippen molar-refractivity contribution < 1.29 is 14.6 Å². The number of aliphatic hydroxyl groups is 1. The second-order valence-electron chi connectivity index (χ2n) is 4.32. The number of aliphatic hydroxyl groups excluding tert-OH is 1. The first-order chi connectivity index (χ1) is 9.20. The van der Waals surface area contributed by atoms with Gasteiger partial charge in [-0.2, -0.15) is 11.3 Å². The zero-order chi connectivity index (χ0) is 13.7. The smallest absolute Gasteiger partial charge is 0.161 e. The van der Waals surface area contributed by atoms with E-state index < -0.39 is 6.10 Å². The zero-order valence-corrected chi connectivity index (χ0v) is 11.9. The van der Waals surface area contributed by atoms with Crippen LogP contribution in [0.25, 0.3) is 0 Å². The molecule has 0 aliphatic carbocycles. The minimum Gasteiger partial charge on any atom is -0.493 e. The van der Waals surface area contributed by atoms with Crippen LogP contribution >= 0.6 is 11.3 Å². The Bertz CT molecular complexity index is 506. The number of thiophene rings is 1. The maximum atomic E-state index is 9.54. The summed E-state index contributed by atoms with van der Waals surface area (Å²) in [4.78, 5) is 0. The molecule has 102 valence electrons. The Kier molecular flexibility index (Phi) is 4.82. The van der Waals surface area contributed by atoms with Crippen LogP contribution in [0, 0.1) is 0 Å². The van der Waals surface area contributed by atoms with Crippen molar-refractivity contribution in [3.05, 3.63) is 46.2 Å². The molecule has 1 atom stereocenters. The maximum absolute atomic E-state index is 9.54. The van der Waals surface area contributed by atoms with Gasteiger partial charge < -0.3 is 14.6 Å². The van der Waals surface area contributed by atoms with Crippen LogP contribution in [0.4, 0.5) is 0 Å². The zero-order valence-electron chi connectivity index (χ0n) is 11.1. The Hall–Kier alpha value is -1.52. The average molecular weight is 278 g/mol. The van der Waals surface area contributed by atoms with Crippen LogP contribution in [-0.2, 0) is 6.42 Å². The van der Waals surface area contributed by atoms with Crippen LogP contribution in [0.2, 0.25) is 0 Å². The fraction of sp³-hybridized carbons (Fsp3) is 0.333. The molecule has 0 saturated heterocycles. The maximum Gasteiger partial charge on any atom is 0.161 e. The molecule has 0 saturated carbocycles. The van der Waals surface area contributed by atoms with Crippen LogP contribution < -0.4 is 9.47 Å². The summed E-state index contributed by atoms with van der Waals surface area (Å²) < 4.78 is 11.0. The molecule has 1 aromatic carbocycles. The highest BCUT2D eigenvalue weighted by Gasteiger charge is 2.08. The molecule has 0 spiro atoms. The molecule has 0 fully saturated rings. The molecule has 0 aliphatic rings. The second-order valence-corrected chi connectivity index (χ2v) is 5.10. The third-order valence-electron chi connectivity index (χ3n) is 2.90. The van der Waals surface area contributed by atoms with Crippen molar-refractivity contribution in [2.45, 2.75) is 19.4 Å². The second kappa shape index (κ2) is 6.59. The Balaban J connectivity index is 1.99. The lowest BCUT2D eigenvalue weighted by Crippen LogP contribution is -2.03. The van der Waals surface area contributed by atoms with Crippen molar-refractivity contribution in [1.29, 1.82) is 0 Å². The third-order valence-corrected chi connectivity index (χ3v) is 3.63. The van der Waals surface area contributed by atoms with Crippen molar-refractivity contribution in [1.82, 2.24) is 0 Å². The van der Waals surface area contributed by atoms with E-state index in [-0.39, 0.29) is 0 Å². The van der Waals surface area contributed by atoms with Crippen LogP contribution in [0.5, 0.6) is 11.5 Å². The molecular formula is C15H18O3S. The van der Waals surface area contributed by atoms with Gasteiger partial charge in [0.1, 0.15) is 0 Å². The molecule has 3 nitrogen and oxygen atoms in total. The van der Waals surface area contributed by atoms with Crippen LogP contribution in [0.3, 0.4) is 0 Å². The number of ether oxygens (including phenoxy) is 2. The molecule has 0 bridgehead atoms. The lowest BCUT2D eigenvalue weighted by Gasteiger charge is -2.13. The van der Waals surface area contributed by atoms with Gasteiger partial charge in [0.25, 0.3) is 0 Å². The monoisotopic (exact) mass is 278 g/mol. The van der Waals surface area contributed by atoms with E-state index in [4.69, 9.17) is 9.47 Å². The van der Waals surface area contributed by atoms with Crippen molar-refractivity contribution in [2.75, 3.05) is 13.7 Å². The predicted molar refractivity (Wildman–Crippen MR) is 77.1 cm³/mol. The summed E-state index contributed by atoms with van der Waals surface area (Å²) in [6, 6.07) is 7.61. The van der Waals surface area contributed by atoms with E-state index in [2.05, 4.69) is 16.8 Å². The summed E-state index contributed by atoms with van der Waals surface area (Å²) in [5.41, 5.74) is 2.10. The lowest BCUT2D eigenvalue weighted by molar-refractivity contribution is 0.198. The summed E-state index contributed by atoms with van der Waals surface area (Å²) in [6.45, 7) is 2.34. The Labute approximate surface area is 117 Å². The Morgan fingerprint density at radius 1 is 1.26 bits per heavy atom. The summed E-state index contributed by atoms with van der Waals surface area (Å²) >= 11 is 1.69. The van der Waals surface area contributed by atoms with E-state index in [1.165, 1.54) is 5.56 Å². The number of hydrogen-bond donors (Lipinski definition) is 1. The van der Waals surface area contributed by atoms with Gasteiger partial charge in [-0.1, -0.05) is 6.07 Å². The van der Waals surface area contributed by atoms with E-state index >= 15 is 0 Å². The first kappa shape index (κ1) is 13.9. The molecule has 1 heterocycles. The van der Waals surface area contributed by atoms with E-state index in [9.17, 15) is 5.11 Å². The fourth-order valence-electron chi connectivity index (χ4n) is 1.78. The van der Waals surface area contributed by atoms with Gasteiger partial charge in [-0.15, -0.1) is 0 Å². The van der Waals surface area contributed by atoms with Gasteiger partial charge in [0.2, 0.25) is 0 Å². The van der Waals surface area contributed by atoms with Gasteiger partial charge in [0, 0.05) is 6.42 Å². The van der Waals surface area contributed by atoms with E-state index in [1.807, 2.05) is 18.2 Å². The highest BCUT2D eigenvalue weighted by atomic mass is 32.1. The highest BCUT2D eigenvalue weighted by Crippen LogP contribution is 2.30. The van der Waals surface area contributed by atoms with Gasteiger partial charge in [-0.05, 0) is 47.0 Å². The van der Waals surface area contributed by atoms with Gasteiger partial charge in [-0.25, -0.2) is 0 Å². The molecule has 1 aromatic heterocycles. The first-order valence-corrected chi connectivity index (χ1v) is 7.15. The molecule has 2 rings (SSSR count). The van der Waals surface area contributed by atoms with Crippen LogP contribution in [0.1, 0.15) is 24.2 Å². The average Bonchev–Trinajstić information content (AvgIpc) is 2.92. The normalized spacial score (nSPS) is 12.2. The summed E-state index contributed by atoms with van der Waals surface area (Å²) in [5.74, 6) is 1.37. The van der Waals surface area contributed by atoms with E-state index in [0.717, 1.165) is 12.0 Å². The number of benzene rings is 1. The van der Waals surface area contributed by atoms with Gasteiger partial charge in [0.15, 0.2) is 11.5 Å². The fourth-order valence-corrected chi connectivity index (χ4v) is 2.48. The van der Waals surface area contributed by atoms with Crippen LogP contribution in [-0.4, -0.2) is 18.8 Å². The number of rotatable bonds is 6. The Morgan fingerprint density at radius 3 is 2.74 bits per heavy atom. The van der Waals surface area contributed by atoms with Gasteiger partial charge in [0.05, 0.1) is 19.8 Å². The lowest BCUT2D eigenvalue weighted by atomic mass is 10.1. The van der Waals surface area contributed by atoms with Crippen molar-refractivity contribution in [3.63, 3.8) is 0 Å². The summed E-state index contributed by atoms with van der Waals surface area (Å²) in [6.07, 6.45) is 0.374. The van der Waals surface area contributed by atoms with Gasteiger partial charge in [-0.3, -0.25) is 0 Å². The minimum atomic E-state index is -0.506. The Morgan fingerprint density at radius 2 is 2.11 bits per heavy atom. The molecule has 4 heteroatoms. The topological polar surface area (TPSA) is 38.7 Å². The standard InChI is InChI=1S/C15H18O3S/c1-11(16)13-3-4-14(15(9-13)17-2)18-7-5-12-6-8-19-10-12/h3-4,6,8-11,16H,5,7H2,1-2H3/t11-/m1/s1. The SMILES string of the molecule is COc1cc([C@@H](C)O)ccc1OCCc1ccsc1. The third kappa shape index (κ3) is 3.72. The van der Waals surface area contributed by atoms with Gasteiger partial charge >= 0.3 is 0 Å². The number of hydrogen-bond acceptors (Lipinski definition) is 4. The molecule has 1 N–H and O–H groups in total. The predicted octanol–water partition coefficient (Wildman–Crippen LogP) is 3.43. The molecule has 0 amide bonds. The molecule has 0 aliphatic heterocycles. The van der Waals surface area contributed by atoms with Crippen molar-refractivity contribution in [3.8, 4) is 11.5 Å².